The minimum atomic E-state index is -0.926. The summed E-state index contributed by atoms with van der Waals surface area (Å²) >= 11 is 0. The molecule has 27 heavy (non-hydrogen) atoms. The average molecular weight is 368 g/mol. The van der Waals surface area contributed by atoms with E-state index in [2.05, 4.69) is 10.6 Å². The second-order valence-corrected chi connectivity index (χ2v) is 6.20. The molecule has 0 unspecified atom stereocenters. The highest BCUT2D eigenvalue weighted by Crippen LogP contribution is 2.22. The van der Waals surface area contributed by atoms with E-state index >= 15 is 0 Å². The molecule has 0 radical (unpaired) electrons. The smallest absolute Gasteiger partial charge is 0.314 e. The van der Waals surface area contributed by atoms with Gasteiger partial charge >= 0.3 is 5.97 Å². The maximum Gasteiger partial charge on any atom is 0.314 e. The normalized spacial score (nSPS) is 12.6. The van der Waals surface area contributed by atoms with E-state index in [1.807, 2.05) is 37.3 Å². The van der Waals surface area contributed by atoms with Gasteiger partial charge in [-0.1, -0.05) is 37.3 Å². The van der Waals surface area contributed by atoms with Gasteiger partial charge in [0.25, 0.3) is 5.91 Å². The Hall–Kier alpha value is -3.15. The van der Waals surface area contributed by atoms with E-state index in [9.17, 15) is 14.4 Å². The predicted octanol–water partition coefficient (Wildman–Crippen LogP) is 3.71. The molecule has 0 bridgehead atoms. The third-order valence-electron chi connectivity index (χ3n) is 4.03. The number of rotatable bonds is 7. The number of hydrogen-bond donors (Lipinski definition) is 2. The molecule has 0 aliphatic rings. The summed E-state index contributed by atoms with van der Waals surface area (Å²) in [5.74, 6) is -1.42. The molecule has 2 aromatic rings. The van der Waals surface area contributed by atoms with Gasteiger partial charge in [0.2, 0.25) is 5.91 Å². The SMILES string of the molecule is CC[C@H](C(=O)O[C@@H](C)C(=O)Nc1ccc(NC(C)=O)cc1)c1ccccc1. The van der Waals surface area contributed by atoms with E-state index in [1.54, 1.807) is 24.3 Å². The van der Waals surface area contributed by atoms with E-state index in [0.29, 0.717) is 17.8 Å². The van der Waals surface area contributed by atoms with Gasteiger partial charge < -0.3 is 15.4 Å². The van der Waals surface area contributed by atoms with E-state index in [1.165, 1.54) is 13.8 Å². The number of benzene rings is 2. The molecule has 0 aliphatic heterocycles. The number of amides is 2. The number of carbonyl (C=O) groups is 3. The van der Waals surface area contributed by atoms with Crippen LogP contribution in [0.1, 0.15) is 38.7 Å². The zero-order valence-electron chi connectivity index (χ0n) is 15.7. The Balaban J connectivity index is 1.94. The minimum Gasteiger partial charge on any atom is -0.452 e. The van der Waals surface area contributed by atoms with Crippen LogP contribution < -0.4 is 10.6 Å². The van der Waals surface area contributed by atoms with E-state index in [4.69, 9.17) is 4.74 Å². The highest BCUT2D eigenvalue weighted by Gasteiger charge is 2.25. The van der Waals surface area contributed by atoms with Crippen molar-refractivity contribution in [3.63, 3.8) is 0 Å². The molecule has 0 fully saturated rings. The first-order valence-corrected chi connectivity index (χ1v) is 8.84. The van der Waals surface area contributed by atoms with Crippen LogP contribution in [0.25, 0.3) is 0 Å². The second kappa shape index (κ2) is 9.52. The highest BCUT2D eigenvalue weighted by molar-refractivity contribution is 5.96. The van der Waals surface area contributed by atoms with Crippen molar-refractivity contribution < 1.29 is 19.1 Å². The summed E-state index contributed by atoms with van der Waals surface area (Å²) < 4.78 is 5.36. The first-order chi connectivity index (χ1) is 12.9. The van der Waals surface area contributed by atoms with Crippen molar-refractivity contribution in [1.29, 1.82) is 0 Å². The molecule has 0 aromatic heterocycles. The van der Waals surface area contributed by atoms with Gasteiger partial charge in [-0.05, 0) is 43.2 Å². The largest absolute Gasteiger partial charge is 0.452 e. The zero-order valence-corrected chi connectivity index (χ0v) is 15.7. The van der Waals surface area contributed by atoms with Gasteiger partial charge in [-0.15, -0.1) is 0 Å². The van der Waals surface area contributed by atoms with Crippen LogP contribution in [0.4, 0.5) is 11.4 Å². The zero-order chi connectivity index (χ0) is 19.8. The molecule has 0 saturated carbocycles. The van der Waals surface area contributed by atoms with Crippen molar-refractivity contribution in [2.45, 2.75) is 39.2 Å². The van der Waals surface area contributed by atoms with Crippen LogP contribution in [-0.2, 0) is 19.1 Å². The van der Waals surface area contributed by atoms with Crippen molar-refractivity contribution >= 4 is 29.2 Å². The molecule has 2 rings (SSSR count). The van der Waals surface area contributed by atoms with E-state index < -0.39 is 23.9 Å². The quantitative estimate of drug-likeness (QED) is 0.730. The van der Waals surface area contributed by atoms with Crippen LogP contribution in [0, 0.1) is 0 Å². The van der Waals surface area contributed by atoms with Gasteiger partial charge in [0.15, 0.2) is 6.10 Å². The fourth-order valence-corrected chi connectivity index (χ4v) is 2.62. The standard InChI is InChI=1S/C21H24N2O4/c1-4-19(16-8-6-5-7-9-16)21(26)27-14(2)20(25)23-18-12-10-17(11-13-18)22-15(3)24/h5-14,19H,4H2,1-3H3,(H,22,24)(H,23,25)/t14-,19-/m0/s1. The summed E-state index contributed by atoms with van der Waals surface area (Å²) in [6, 6.07) is 16.0. The fraction of sp³-hybridized carbons (Fsp3) is 0.286. The molecule has 6 heteroatoms. The molecule has 6 nitrogen and oxygen atoms in total. The molecule has 0 saturated heterocycles. The van der Waals surface area contributed by atoms with Crippen molar-refractivity contribution in [2.24, 2.45) is 0 Å². The van der Waals surface area contributed by atoms with E-state index in [0.717, 1.165) is 5.56 Å². The molecular formula is C21H24N2O4. The molecule has 0 aliphatic carbocycles. The molecule has 0 heterocycles. The van der Waals surface area contributed by atoms with Crippen molar-refractivity contribution in [3.05, 3.63) is 60.2 Å². The lowest BCUT2D eigenvalue weighted by Gasteiger charge is -2.18. The lowest BCUT2D eigenvalue weighted by atomic mass is 9.97. The van der Waals surface area contributed by atoms with Gasteiger partial charge in [0, 0.05) is 18.3 Å². The van der Waals surface area contributed by atoms with Gasteiger partial charge in [-0.3, -0.25) is 14.4 Å². The predicted molar refractivity (Wildman–Crippen MR) is 104 cm³/mol. The first kappa shape index (κ1) is 20.2. The maximum absolute atomic E-state index is 12.4. The summed E-state index contributed by atoms with van der Waals surface area (Å²) in [6.45, 7) is 4.86. The second-order valence-electron chi connectivity index (χ2n) is 6.20. The van der Waals surface area contributed by atoms with Crippen LogP contribution in [-0.4, -0.2) is 23.9 Å². The van der Waals surface area contributed by atoms with Gasteiger partial charge in [0.1, 0.15) is 0 Å². The number of nitrogens with one attached hydrogen (secondary N) is 2. The first-order valence-electron chi connectivity index (χ1n) is 8.84. The van der Waals surface area contributed by atoms with Crippen molar-refractivity contribution in [3.8, 4) is 0 Å². The summed E-state index contributed by atoms with van der Waals surface area (Å²) in [6.07, 6.45) is -0.341. The molecular weight excluding hydrogens is 344 g/mol. The Morgan fingerprint density at radius 3 is 2.00 bits per heavy atom. The Morgan fingerprint density at radius 1 is 0.926 bits per heavy atom. The molecule has 2 atom stereocenters. The molecule has 142 valence electrons. The number of carbonyl (C=O) groups excluding carboxylic acids is 3. The van der Waals surface area contributed by atoms with Crippen LogP contribution in [0.5, 0.6) is 0 Å². The maximum atomic E-state index is 12.4. The van der Waals surface area contributed by atoms with Crippen molar-refractivity contribution in [1.82, 2.24) is 0 Å². The van der Waals surface area contributed by atoms with Crippen LogP contribution >= 0.6 is 0 Å². The summed E-state index contributed by atoms with van der Waals surface area (Å²) in [5.41, 5.74) is 2.05. The molecule has 2 amide bonds. The van der Waals surface area contributed by atoms with Crippen LogP contribution in [0.2, 0.25) is 0 Å². The average Bonchev–Trinajstić information content (AvgIpc) is 2.64. The van der Waals surface area contributed by atoms with E-state index in [-0.39, 0.29) is 5.91 Å². The summed E-state index contributed by atoms with van der Waals surface area (Å²) in [7, 11) is 0. The Labute approximate surface area is 158 Å². The number of ether oxygens (including phenoxy) is 1. The fourth-order valence-electron chi connectivity index (χ4n) is 2.62. The van der Waals surface area contributed by atoms with Gasteiger partial charge in [0.05, 0.1) is 5.92 Å². The lowest BCUT2D eigenvalue weighted by molar-refractivity contribution is -0.154. The van der Waals surface area contributed by atoms with Gasteiger partial charge in [-0.25, -0.2) is 0 Å². The Bertz CT molecular complexity index is 788. The minimum absolute atomic E-state index is 0.170. The number of anilines is 2. The molecule has 2 aromatic carbocycles. The topological polar surface area (TPSA) is 84.5 Å². The lowest BCUT2D eigenvalue weighted by Crippen LogP contribution is -2.31. The van der Waals surface area contributed by atoms with Crippen molar-refractivity contribution in [2.75, 3.05) is 10.6 Å². The Kier molecular flexibility index (Phi) is 7.11. The summed E-state index contributed by atoms with van der Waals surface area (Å²) in [4.78, 5) is 35.8. The highest BCUT2D eigenvalue weighted by atomic mass is 16.5. The number of esters is 1. The molecule has 2 N–H and O–H groups in total. The summed E-state index contributed by atoms with van der Waals surface area (Å²) in [5, 5.41) is 5.34. The van der Waals surface area contributed by atoms with Crippen LogP contribution in [0.15, 0.2) is 54.6 Å². The van der Waals surface area contributed by atoms with Crippen LogP contribution in [0.3, 0.4) is 0 Å². The Morgan fingerprint density at radius 2 is 1.48 bits per heavy atom. The monoisotopic (exact) mass is 368 g/mol. The van der Waals surface area contributed by atoms with Gasteiger partial charge in [-0.2, -0.15) is 0 Å². The molecule has 0 spiro atoms. The number of hydrogen-bond acceptors (Lipinski definition) is 4. The third-order valence-corrected chi connectivity index (χ3v) is 4.03. The third kappa shape index (κ3) is 5.95.